The van der Waals surface area contributed by atoms with E-state index in [1.165, 1.54) is 6.39 Å². The third-order valence-corrected chi connectivity index (χ3v) is 5.03. The molecular formula is C19H18N4O3. The van der Waals surface area contributed by atoms with Crippen molar-refractivity contribution in [1.82, 2.24) is 20.0 Å². The number of carbonyl (C=O) groups excluding carboxylic acids is 1. The number of pyridine rings is 1. The highest BCUT2D eigenvalue weighted by Crippen LogP contribution is 2.40. The van der Waals surface area contributed by atoms with E-state index < -0.39 is 0 Å². The van der Waals surface area contributed by atoms with Gasteiger partial charge in [-0.3, -0.25) is 9.78 Å². The van der Waals surface area contributed by atoms with Crippen molar-refractivity contribution in [3.8, 4) is 0 Å². The van der Waals surface area contributed by atoms with Gasteiger partial charge in [0.25, 0.3) is 5.91 Å². The topological polar surface area (TPSA) is 81.4 Å². The molecule has 2 aliphatic rings. The molecule has 2 fully saturated rings. The Morgan fingerprint density at radius 3 is 2.92 bits per heavy atom. The van der Waals surface area contributed by atoms with E-state index in [4.69, 9.17) is 14.2 Å². The number of benzene rings is 1. The van der Waals surface area contributed by atoms with Gasteiger partial charge in [0.15, 0.2) is 5.82 Å². The summed E-state index contributed by atoms with van der Waals surface area (Å²) in [5.74, 6) is 0.909. The molecule has 1 aliphatic heterocycles. The molecule has 0 radical (unpaired) electrons. The van der Waals surface area contributed by atoms with E-state index in [2.05, 4.69) is 10.1 Å². The first-order valence-electron chi connectivity index (χ1n) is 8.86. The van der Waals surface area contributed by atoms with Crippen molar-refractivity contribution in [2.45, 2.75) is 24.8 Å². The van der Waals surface area contributed by atoms with Crippen LogP contribution in [0.25, 0.3) is 10.9 Å². The minimum atomic E-state index is -0.341. The lowest BCUT2D eigenvalue weighted by molar-refractivity contribution is -0.00567. The second kappa shape index (κ2) is 6.17. The van der Waals surface area contributed by atoms with Gasteiger partial charge in [-0.1, -0.05) is 23.4 Å². The molecule has 1 aliphatic carbocycles. The van der Waals surface area contributed by atoms with Crippen molar-refractivity contribution < 1.29 is 14.1 Å². The van der Waals surface area contributed by atoms with Gasteiger partial charge < -0.3 is 14.2 Å². The molecule has 0 bridgehead atoms. The summed E-state index contributed by atoms with van der Waals surface area (Å²) in [4.78, 5) is 24.1. The van der Waals surface area contributed by atoms with E-state index in [1.807, 2.05) is 30.3 Å². The maximum atomic E-state index is 13.5. The predicted molar refractivity (Wildman–Crippen MR) is 92.6 cm³/mol. The lowest BCUT2D eigenvalue weighted by Gasteiger charge is -2.34. The van der Waals surface area contributed by atoms with Crippen LogP contribution in [0, 0.1) is 0 Å². The number of hydrogen-bond acceptors (Lipinski definition) is 6. The molecule has 7 nitrogen and oxygen atoms in total. The molecule has 0 spiro atoms. The van der Waals surface area contributed by atoms with Gasteiger partial charge >= 0.3 is 0 Å². The second-order valence-corrected chi connectivity index (χ2v) is 6.76. The van der Waals surface area contributed by atoms with Crippen LogP contribution >= 0.6 is 0 Å². The van der Waals surface area contributed by atoms with Crippen molar-refractivity contribution in [2.24, 2.45) is 0 Å². The first-order valence-corrected chi connectivity index (χ1v) is 8.86. The minimum absolute atomic E-state index is 0.0383. The Hall–Kier alpha value is -2.80. The van der Waals surface area contributed by atoms with Crippen LogP contribution in [0.15, 0.2) is 41.2 Å². The molecule has 3 aromatic rings. The lowest BCUT2D eigenvalue weighted by atomic mass is 10.0. The van der Waals surface area contributed by atoms with Gasteiger partial charge in [-0.25, -0.2) is 0 Å². The number of carbonyl (C=O) groups is 1. The van der Waals surface area contributed by atoms with Crippen LogP contribution < -0.4 is 0 Å². The Labute approximate surface area is 150 Å². The lowest BCUT2D eigenvalue weighted by Crippen LogP contribution is -2.44. The monoisotopic (exact) mass is 350 g/mol. The van der Waals surface area contributed by atoms with Crippen molar-refractivity contribution in [3.05, 3.63) is 53.8 Å². The first-order chi connectivity index (χ1) is 12.8. The molecule has 1 atom stereocenters. The van der Waals surface area contributed by atoms with Crippen molar-refractivity contribution in [2.75, 3.05) is 19.8 Å². The van der Waals surface area contributed by atoms with Crippen LogP contribution in [0.2, 0.25) is 0 Å². The summed E-state index contributed by atoms with van der Waals surface area (Å²) in [6, 6.07) is 9.44. The number of morpholine rings is 1. The highest BCUT2D eigenvalue weighted by molar-refractivity contribution is 6.06. The Morgan fingerprint density at radius 2 is 2.12 bits per heavy atom. The number of fused-ring (bicyclic) bond motifs is 1. The van der Waals surface area contributed by atoms with Gasteiger partial charge in [0.2, 0.25) is 6.39 Å². The van der Waals surface area contributed by atoms with Crippen LogP contribution in [-0.2, 0) is 4.74 Å². The zero-order valence-electron chi connectivity index (χ0n) is 14.2. The quantitative estimate of drug-likeness (QED) is 0.722. The summed E-state index contributed by atoms with van der Waals surface area (Å²) in [7, 11) is 0. The second-order valence-electron chi connectivity index (χ2n) is 6.76. The average Bonchev–Trinajstić information content (AvgIpc) is 3.41. The van der Waals surface area contributed by atoms with Crippen molar-refractivity contribution in [1.29, 1.82) is 0 Å². The molecule has 1 aromatic carbocycles. The number of amides is 1. The smallest absolute Gasteiger partial charge is 0.255 e. The number of hydrogen-bond donors (Lipinski definition) is 0. The number of para-hydroxylation sites is 1. The molecule has 1 amide bonds. The van der Waals surface area contributed by atoms with E-state index >= 15 is 0 Å². The van der Waals surface area contributed by atoms with Gasteiger partial charge in [-0.2, -0.15) is 4.98 Å². The summed E-state index contributed by atoms with van der Waals surface area (Å²) < 4.78 is 10.4. The summed E-state index contributed by atoms with van der Waals surface area (Å²) in [6.07, 6.45) is 3.56. The molecule has 1 saturated heterocycles. The van der Waals surface area contributed by atoms with Crippen molar-refractivity contribution >= 4 is 16.8 Å². The zero-order valence-corrected chi connectivity index (χ0v) is 14.2. The van der Waals surface area contributed by atoms with Crippen LogP contribution in [0.5, 0.6) is 0 Å². The van der Waals surface area contributed by atoms with E-state index in [0.29, 0.717) is 37.1 Å². The predicted octanol–water partition coefficient (Wildman–Crippen LogP) is 2.71. The van der Waals surface area contributed by atoms with Gasteiger partial charge in [-0.05, 0) is 25.0 Å². The number of aromatic nitrogens is 3. The molecule has 3 heterocycles. The van der Waals surface area contributed by atoms with Gasteiger partial charge in [0, 0.05) is 23.5 Å². The SMILES string of the molecule is O=C(c1cc(C2CC2)nc2ccccc12)N1CCOCC1c1ncon1. The van der Waals surface area contributed by atoms with Gasteiger partial charge in [0.1, 0.15) is 6.04 Å². The van der Waals surface area contributed by atoms with Gasteiger partial charge in [-0.15, -0.1) is 0 Å². The Balaban J connectivity index is 1.58. The molecular weight excluding hydrogens is 332 g/mol. The Kier molecular flexibility index (Phi) is 3.67. The third-order valence-electron chi connectivity index (χ3n) is 5.03. The first kappa shape index (κ1) is 15.5. The summed E-state index contributed by atoms with van der Waals surface area (Å²) in [5.41, 5.74) is 2.56. The Bertz CT molecular complexity index is 953. The normalized spacial score (nSPS) is 20.5. The fraction of sp³-hybridized carbons (Fsp3) is 0.368. The van der Waals surface area contributed by atoms with Crippen LogP contribution in [0.1, 0.15) is 46.7 Å². The molecule has 0 N–H and O–H groups in total. The largest absolute Gasteiger partial charge is 0.377 e. The average molecular weight is 350 g/mol. The molecule has 26 heavy (non-hydrogen) atoms. The third kappa shape index (κ3) is 2.64. The number of rotatable bonds is 3. The maximum absolute atomic E-state index is 13.5. The molecule has 1 saturated carbocycles. The molecule has 5 rings (SSSR count). The fourth-order valence-electron chi connectivity index (χ4n) is 3.50. The summed E-state index contributed by atoms with van der Waals surface area (Å²) >= 11 is 0. The van der Waals surface area contributed by atoms with E-state index in [-0.39, 0.29) is 11.9 Å². The Morgan fingerprint density at radius 1 is 1.23 bits per heavy atom. The van der Waals surface area contributed by atoms with Crippen LogP contribution in [-0.4, -0.2) is 45.7 Å². The van der Waals surface area contributed by atoms with Crippen molar-refractivity contribution in [3.63, 3.8) is 0 Å². The standard InChI is InChI=1S/C19H18N4O3/c24-19(23-7-8-25-10-17(23)18-20-11-26-22-18)14-9-16(12-5-6-12)21-15-4-2-1-3-13(14)15/h1-4,9,11-12,17H,5-8,10H2. The summed E-state index contributed by atoms with van der Waals surface area (Å²) in [6.45, 7) is 1.36. The molecule has 1 unspecified atom stereocenters. The number of ether oxygens (including phenoxy) is 1. The number of nitrogens with zero attached hydrogens (tertiary/aromatic N) is 4. The fourth-order valence-corrected chi connectivity index (χ4v) is 3.50. The highest BCUT2D eigenvalue weighted by atomic mass is 16.5. The van der Waals surface area contributed by atoms with Crippen LogP contribution in [0.3, 0.4) is 0 Å². The van der Waals surface area contributed by atoms with E-state index in [9.17, 15) is 4.79 Å². The molecule has 132 valence electrons. The highest BCUT2D eigenvalue weighted by Gasteiger charge is 2.34. The minimum Gasteiger partial charge on any atom is -0.377 e. The molecule has 7 heteroatoms. The van der Waals surface area contributed by atoms with E-state index in [0.717, 1.165) is 29.4 Å². The van der Waals surface area contributed by atoms with E-state index in [1.54, 1.807) is 4.90 Å². The van der Waals surface area contributed by atoms with Crippen LogP contribution in [0.4, 0.5) is 0 Å². The van der Waals surface area contributed by atoms with Gasteiger partial charge in [0.05, 0.1) is 24.3 Å². The maximum Gasteiger partial charge on any atom is 0.255 e. The zero-order chi connectivity index (χ0) is 17.5. The summed E-state index contributed by atoms with van der Waals surface area (Å²) in [5, 5.41) is 4.79. The molecule has 2 aromatic heterocycles.